The van der Waals surface area contributed by atoms with Crippen molar-refractivity contribution in [1.82, 2.24) is 0 Å². The molecule has 0 bridgehead atoms. The van der Waals surface area contributed by atoms with Crippen LogP contribution in [0.3, 0.4) is 0 Å². The van der Waals surface area contributed by atoms with Crippen LogP contribution >= 0.6 is 45.2 Å². The van der Waals surface area contributed by atoms with Gasteiger partial charge in [0.1, 0.15) is 0 Å². The maximum atomic E-state index is 10.8. The Kier molecular flexibility index (Phi) is 6.20. The molecule has 0 unspecified atom stereocenters. The first-order chi connectivity index (χ1) is 10.3. The Morgan fingerprint density at radius 1 is 0.458 bits per heavy atom. The maximum Gasteiger partial charge on any atom is 0.0854 e. The predicted molar refractivity (Wildman–Crippen MR) is 113 cm³/mol. The number of hydrogen-bond acceptors (Lipinski definition) is 4. The molecule has 4 N–H and O–H groups in total. The van der Waals surface area contributed by atoms with Gasteiger partial charge < -0.3 is 20.4 Å². The van der Waals surface area contributed by atoms with Gasteiger partial charge in [-0.3, -0.25) is 0 Å². The summed E-state index contributed by atoms with van der Waals surface area (Å²) in [5, 5.41) is 43.0. The van der Waals surface area contributed by atoms with Gasteiger partial charge in [-0.1, -0.05) is 0 Å². The van der Waals surface area contributed by atoms with Crippen LogP contribution in [0.4, 0.5) is 0 Å². The van der Waals surface area contributed by atoms with Gasteiger partial charge in [0.25, 0.3) is 0 Å². The van der Waals surface area contributed by atoms with Crippen LogP contribution < -0.4 is 0 Å². The number of rotatable bonds is 4. The molecule has 0 aliphatic carbocycles. The lowest BCUT2D eigenvalue weighted by molar-refractivity contribution is 0.0392. The Morgan fingerprint density at radius 3 is 0.667 bits per heavy atom. The van der Waals surface area contributed by atoms with Gasteiger partial charge in [-0.2, -0.15) is 0 Å². The standard InChI is InChI=1S/C18H28I2O4/c1-15(2,21)9-10(16(3,4)22)14(20)12(18(7,8)24)11(13(9)19)17(5,6)23/h21-24H,1-8H3. The Labute approximate surface area is 172 Å². The van der Waals surface area contributed by atoms with Crippen LogP contribution in [0.1, 0.15) is 77.6 Å². The van der Waals surface area contributed by atoms with E-state index in [0.717, 1.165) is 0 Å². The molecule has 0 aromatic heterocycles. The van der Waals surface area contributed by atoms with Crippen LogP contribution in [0, 0.1) is 7.14 Å². The first-order valence-electron chi connectivity index (χ1n) is 7.77. The third kappa shape index (κ3) is 4.43. The fourth-order valence-electron chi connectivity index (χ4n) is 2.99. The topological polar surface area (TPSA) is 80.9 Å². The third-order valence-electron chi connectivity index (χ3n) is 3.83. The largest absolute Gasteiger partial charge is 0.386 e. The van der Waals surface area contributed by atoms with Crippen molar-refractivity contribution in [2.24, 2.45) is 0 Å². The van der Waals surface area contributed by atoms with Crippen molar-refractivity contribution in [2.45, 2.75) is 77.8 Å². The molecule has 0 aliphatic rings. The van der Waals surface area contributed by atoms with Crippen molar-refractivity contribution >= 4 is 45.2 Å². The quantitative estimate of drug-likeness (QED) is 0.422. The van der Waals surface area contributed by atoms with Gasteiger partial charge in [-0.15, -0.1) is 0 Å². The highest BCUT2D eigenvalue weighted by Gasteiger charge is 2.41. The molecule has 0 aliphatic heterocycles. The van der Waals surface area contributed by atoms with Crippen molar-refractivity contribution in [3.63, 3.8) is 0 Å². The minimum absolute atomic E-state index is 0.574. The van der Waals surface area contributed by atoms with Crippen LogP contribution in [0.5, 0.6) is 0 Å². The lowest BCUT2D eigenvalue weighted by Gasteiger charge is -2.38. The highest BCUT2D eigenvalue weighted by atomic mass is 127. The van der Waals surface area contributed by atoms with Gasteiger partial charge in [0.15, 0.2) is 0 Å². The van der Waals surface area contributed by atoms with Crippen molar-refractivity contribution in [2.75, 3.05) is 0 Å². The summed E-state index contributed by atoms with van der Waals surface area (Å²) in [4.78, 5) is 0. The molecule has 0 spiro atoms. The summed E-state index contributed by atoms with van der Waals surface area (Å²) < 4.78 is 1.31. The van der Waals surface area contributed by atoms with Gasteiger partial charge in [0, 0.05) is 29.4 Å². The Morgan fingerprint density at radius 2 is 0.583 bits per heavy atom. The summed E-state index contributed by atoms with van der Waals surface area (Å²) >= 11 is 4.19. The fraction of sp³-hybridized carbons (Fsp3) is 0.667. The van der Waals surface area contributed by atoms with Gasteiger partial charge in [-0.05, 0) is 101 Å². The molecule has 0 heterocycles. The van der Waals surface area contributed by atoms with Crippen LogP contribution in [-0.2, 0) is 22.4 Å². The van der Waals surface area contributed by atoms with Crippen molar-refractivity contribution in [3.05, 3.63) is 29.4 Å². The van der Waals surface area contributed by atoms with Gasteiger partial charge in [0.05, 0.1) is 22.4 Å². The first kappa shape index (κ1) is 22.6. The molecular formula is C18H28I2O4. The van der Waals surface area contributed by atoms with E-state index in [9.17, 15) is 20.4 Å². The normalized spacial score (nSPS) is 14.2. The first-order valence-corrected chi connectivity index (χ1v) is 9.93. The molecular weight excluding hydrogens is 534 g/mol. The lowest BCUT2D eigenvalue weighted by atomic mass is 9.77. The second-order valence-electron chi connectivity index (χ2n) is 8.36. The highest BCUT2D eigenvalue weighted by molar-refractivity contribution is 14.1. The van der Waals surface area contributed by atoms with Crippen molar-refractivity contribution < 1.29 is 20.4 Å². The fourth-order valence-corrected chi connectivity index (χ4v) is 6.71. The van der Waals surface area contributed by atoms with E-state index in [1.165, 1.54) is 0 Å². The van der Waals surface area contributed by atoms with E-state index in [2.05, 4.69) is 45.2 Å². The van der Waals surface area contributed by atoms with Crippen LogP contribution in [-0.4, -0.2) is 20.4 Å². The molecule has 0 atom stereocenters. The molecule has 0 saturated carbocycles. The second-order valence-corrected chi connectivity index (χ2v) is 10.5. The average Bonchev–Trinajstić information content (AvgIpc) is 2.24. The van der Waals surface area contributed by atoms with Gasteiger partial charge >= 0.3 is 0 Å². The third-order valence-corrected chi connectivity index (χ3v) is 5.98. The van der Waals surface area contributed by atoms with Crippen molar-refractivity contribution in [3.8, 4) is 0 Å². The molecule has 0 fully saturated rings. The van der Waals surface area contributed by atoms with E-state index in [1.54, 1.807) is 55.4 Å². The molecule has 6 heteroatoms. The van der Waals surface area contributed by atoms with E-state index < -0.39 is 22.4 Å². The van der Waals surface area contributed by atoms with E-state index in [0.29, 0.717) is 29.4 Å². The summed E-state index contributed by atoms with van der Waals surface area (Å²) in [7, 11) is 0. The van der Waals surface area contributed by atoms with Crippen LogP contribution in [0.25, 0.3) is 0 Å². The monoisotopic (exact) mass is 562 g/mol. The average molecular weight is 562 g/mol. The summed E-state index contributed by atoms with van der Waals surface area (Å²) in [5.74, 6) is 0. The zero-order valence-electron chi connectivity index (χ0n) is 15.5. The molecule has 4 nitrogen and oxygen atoms in total. The number of benzene rings is 1. The molecule has 0 saturated heterocycles. The summed E-state index contributed by atoms with van der Waals surface area (Å²) in [6, 6.07) is 0. The van der Waals surface area contributed by atoms with Crippen LogP contribution in [0.2, 0.25) is 0 Å². The van der Waals surface area contributed by atoms with E-state index in [-0.39, 0.29) is 0 Å². The predicted octanol–water partition coefficient (Wildman–Crippen LogP) is 3.81. The highest BCUT2D eigenvalue weighted by Crippen LogP contribution is 2.47. The number of aliphatic hydroxyl groups is 4. The SMILES string of the molecule is CC(C)(O)c1c(I)c(C(C)(C)O)c(C(C)(C)O)c(I)c1C(C)(C)O. The Balaban J connectivity index is 4.28. The molecule has 0 radical (unpaired) electrons. The van der Waals surface area contributed by atoms with Crippen LogP contribution in [0.15, 0.2) is 0 Å². The minimum Gasteiger partial charge on any atom is -0.386 e. The lowest BCUT2D eigenvalue weighted by Crippen LogP contribution is -2.35. The zero-order chi connectivity index (χ0) is 19.5. The molecule has 1 aromatic carbocycles. The molecule has 1 aromatic rings. The number of halogens is 2. The Bertz CT molecular complexity index is 529. The summed E-state index contributed by atoms with van der Waals surface area (Å²) in [6.07, 6.45) is 0. The summed E-state index contributed by atoms with van der Waals surface area (Å²) in [6.45, 7) is 13.3. The van der Waals surface area contributed by atoms with Gasteiger partial charge in [0.2, 0.25) is 0 Å². The number of hydrogen-bond donors (Lipinski definition) is 4. The molecule has 24 heavy (non-hydrogen) atoms. The second kappa shape index (κ2) is 6.60. The van der Waals surface area contributed by atoms with Crippen molar-refractivity contribution in [1.29, 1.82) is 0 Å². The summed E-state index contributed by atoms with van der Waals surface area (Å²) in [5.41, 5.74) is -2.58. The van der Waals surface area contributed by atoms with E-state index >= 15 is 0 Å². The van der Waals surface area contributed by atoms with E-state index in [4.69, 9.17) is 0 Å². The smallest absolute Gasteiger partial charge is 0.0854 e. The molecule has 138 valence electrons. The van der Waals surface area contributed by atoms with E-state index in [1.807, 2.05) is 0 Å². The maximum absolute atomic E-state index is 10.8. The minimum atomic E-state index is -1.22. The van der Waals surface area contributed by atoms with Gasteiger partial charge in [-0.25, -0.2) is 0 Å². The molecule has 0 amide bonds. The molecule has 1 rings (SSSR count). The Hall–Kier alpha value is 0.520. The zero-order valence-corrected chi connectivity index (χ0v) is 19.9.